The van der Waals surface area contributed by atoms with Crippen LogP contribution in [0.3, 0.4) is 0 Å². The maximum Gasteiger partial charge on any atom is 0.161 e. The van der Waals surface area contributed by atoms with Gasteiger partial charge in [0.2, 0.25) is 0 Å². The summed E-state index contributed by atoms with van der Waals surface area (Å²) in [6.07, 6.45) is 13.8. The highest BCUT2D eigenvalue weighted by atomic mass is 16.6. The van der Waals surface area contributed by atoms with Crippen molar-refractivity contribution in [2.75, 3.05) is 32.8 Å². The van der Waals surface area contributed by atoms with E-state index in [0.717, 1.165) is 69.7 Å². The van der Waals surface area contributed by atoms with Crippen LogP contribution in [-0.2, 0) is 6.42 Å². The SMILES string of the molecule is C[C@@](O)(CCCCCC(O)N[C@@H](Cc1ccc2c(c1)OCCO2)CN1CCCC1)C1CCCCC1. The first-order chi connectivity index (χ1) is 17.0. The zero-order chi connectivity index (χ0) is 24.5. The third-order valence-electron chi connectivity index (χ3n) is 8.34. The van der Waals surface area contributed by atoms with E-state index in [2.05, 4.69) is 22.3 Å². The van der Waals surface area contributed by atoms with Gasteiger partial charge in [0.05, 0.1) is 5.60 Å². The van der Waals surface area contributed by atoms with Crippen molar-refractivity contribution in [3.8, 4) is 11.5 Å². The highest BCUT2D eigenvalue weighted by Crippen LogP contribution is 2.35. The summed E-state index contributed by atoms with van der Waals surface area (Å²) in [6, 6.07) is 6.42. The van der Waals surface area contributed by atoms with E-state index in [0.29, 0.717) is 19.1 Å². The van der Waals surface area contributed by atoms with Gasteiger partial charge in [-0.3, -0.25) is 5.32 Å². The average molecular weight is 489 g/mol. The van der Waals surface area contributed by atoms with Crippen molar-refractivity contribution in [2.45, 2.75) is 108 Å². The molecule has 1 aromatic carbocycles. The molecule has 4 rings (SSSR count). The lowest BCUT2D eigenvalue weighted by Crippen LogP contribution is -2.46. The Bertz CT molecular complexity index is 759. The van der Waals surface area contributed by atoms with E-state index in [1.54, 1.807) is 0 Å². The van der Waals surface area contributed by atoms with Gasteiger partial charge in [-0.1, -0.05) is 38.2 Å². The van der Waals surface area contributed by atoms with Gasteiger partial charge >= 0.3 is 0 Å². The zero-order valence-electron chi connectivity index (χ0n) is 21.9. The van der Waals surface area contributed by atoms with E-state index in [1.165, 1.54) is 50.5 Å². The van der Waals surface area contributed by atoms with Crippen LogP contribution in [0.1, 0.15) is 89.5 Å². The van der Waals surface area contributed by atoms with Crippen molar-refractivity contribution < 1.29 is 19.7 Å². The molecule has 0 spiro atoms. The van der Waals surface area contributed by atoms with Crippen LogP contribution in [0.5, 0.6) is 11.5 Å². The molecule has 0 aromatic heterocycles. The summed E-state index contributed by atoms with van der Waals surface area (Å²) in [6.45, 7) is 6.50. The van der Waals surface area contributed by atoms with Gasteiger partial charge in [-0.15, -0.1) is 0 Å². The van der Waals surface area contributed by atoms with E-state index in [4.69, 9.17) is 9.47 Å². The minimum Gasteiger partial charge on any atom is -0.486 e. The maximum atomic E-state index is 10.9. The fourth-order valence-electron chi connectivity index (χ4n) is 6.23. The van der Waals surface area contributed by atoms with E-state index in [9.17, 15) is 10.2 Å². The lowest BCUT2D eigenvalue weighted by molar-refractivity contribution is -0.0255. The Labute approximate surface area is 212 Å². The van der Waals surface area contributed by atoms with Crippen LogP contribution in [0.4, 0.5) is 0 Å². The molecule has 2 fully saturated rings. The molecule has 3 N–H and O–H groups in total. The standard InChI is InChI=1S/C29H48N2O4/c1-29(33,24-10-4-2-5-11-24)15-7-3-6-12-28(32)30-25(22-31-16-8-9-17-31)20-23-13-14-26-27(21-23)35-19-18-34-26/h13-14,21,24-25,28,30,32-33H,2-12,15-20,22H2,1H3/t25-,28?,29+/m0/s1. The average Bonchev–Trinajstić information content (AvgIpc) is 3.37. The highest BCUT2D eigenvalue weighted by Gasteiger charge is 2.32. The lowest BCUT2D eigenvalue weighted by Gasteiger charge is -2.35. The highest BCUT2D eigenvalue weighted by molar-refractivity contribution is 5.44. The minimum absolute atomic E-state index is 0.192. The molecule has 1 unspecified atom stereocenters. The van der Waals surface area contributed by atoms with Gasteiger partial charge in [0.25, 0.3) is 0 Å². The molecule has 35 heavy (non-hydrogen) atoms. The number of fused-ring (bicyclic) bond motifs is 1. The zero-order valence-corrected chi connectivity index (χ0v) is 21.9. The van der Waals surface area contributed by atoms with Crippen molar-refractivity contribution >= 4 is 0 Å². The van der Waals surface area contributed by atoms with Crippen LogP contribution < -0.4 is 14.8 Å². The number of hydrogen-bond acceptors (Lipinski definition) is 6. The van der Waals surface area contributed by atoms with E-state index >= 15 is 0 Å². The first kappa shape index (κ1) is 26.7. The molecule has 1 aliphatic carbocycles. The smallest absolute Gasteiger partial charge is 0.161 e. The molecule has 198 valence electrons. The maximum absolute atomic E-state index is 10.9. The molecule has 0 radical (unpaired) electrons. The Balaban J connectivity index is 1.21. The summed E-state index contributed by atoms with van der Waals surface area (Å²) in [5, 5.41) is 25.3. The van der Waals surface area contributed by atoms with Crippen LogP contribution in [0.15, 0.2) is 18.2 Å². The summed E-state index contributed by atoms with van der Waals surface area (Å²) in [5.41, 5.74) is 0.685. The third-order valence-corrected chi connectivity index (χ3v) is 8.34. The van der Waals surface area contributed by atoms with E-state index < -0.39 is 11.8 Å². The normalized spacial score (nSPS) is 22.6. The molecular weight excluding hydrogens is 440 g/mol. The van der Waals surface area contributed by atoms with Crippen LogP contribution in [-0.4, -0.2) is 65.8 Å². The molecular formula is C29H48N2O4. The van der Waals surface area contributed by atoms with Crippen molar-refractivity contribution in [1.82, 2.24) is 10.2 Å². The van der Waals surface area contributed by atoms with Crippen molar-refractivity contribution in [2.24, 2.45) is 5.92 Å². The fourth-order valence-corrected chi connectivity index (χ4v) is 6.23. The minimum atomic E-state index is -0.526. The Morgan fingerprint density at radius 2 is 1.74 bits per heavy atom. The van der Waals surface area contributed by atoms with Crippen LogP contribution in [0.25, 0.3) is 0 Å². The van der Waals surface area contributed by atoms with Gasteiger partial charge in [-0.25, -0.2) is 0 Å². The first-order valence-electron chi connectivity index (χ1n) is 14.3. The predicted molar refractivity (Wildman–Crippen MR) is 140 cm³/mol. The van der Waals surface area contributed by atoms with Gasteiger partial charge < -0.3 is 24.6 Å². The summed E-state index contributed by atoms with van der Waals surface area (Å²) < 4.78 is 11.4. The number of ether oxygens (including phenoxy) is 2. The molecule has 0 bridgehead atoms. The number of aliphatic hydroxyl groups excluding tert-OH is 1. The molecule has 1 saturated heterocycles. The molecule has 6 nitrogen and oxygen atoms in total. The molecule has 6 heteroatoms. The van der Waals surface area contributed by atoms with Gasteiger partial charge in [0, 0.05) is 12.6 Å². The molecule has 3 aliphatic rings. The number of nitrogens with zero attached hydrogens (tertiary/aromatic N) is 1. The molecule has 1 aromatic rings. The number of benzene rings is 1. The quantitative estimate of drug-likeness (QED) is 0.277. The number of hydrogen-bond donors (Lipinski definition) is 3. The Hall–Kier alpha value is -1.34. The van der Waals surface area contributed by atoms with E-state index in [1.807, 2.05) is 13.0 Å². The van der Waals surface area contributed by atoms with Crippen molar-refractivity contribution in [1.29, 1.82) is 0 Å². The fraction of sp³-hybridized carbons (Fsp3) is 0.793. The Morgan fingerprint density at radius 3 is 2.51 bits per heavy atom. The first-order valence-corrected chi connectivity index (χ1v) is 14.3. The van der Waals surface area contributed by atoms with Crippen molar-refractivity contribution in [3.05, 3.63) is 23.8 Å². The van der Waals surface area contributed by atoms with Gasteiger partial charge in [0.15, 0.2) is 11.5 Å². The van der Waals surface area contributed by atoms with Crippen LogP contribution >= 0.6 is 0 Å². The molecule has 2 aliphatic heterocycles. The predicted octanol–water partition coefficient (Wildman–Crippen LogP) is 4.65. The summed E-state index contributed by atoms with van der Waals surface area (Å²) >= 11 is 0. The van der Waals surface area contributed by atoms with Gasteiger partial charge in [-0.05, 0) is 95.0 Å². The van der Waals surface area contributed by atoms with Crippen molar-refractivity contribution in [3.63, 3.8) is 0 Å². The number of rotatable bonds is 13. The largest absolute Gasteiger partial charge is 0.486 e. The van der Waals surface area contributed by atoms with Crippen LogP contribution in [0.2, 0.25) is 0 Å². The summed E-state index contributed by atoms with van der Waals surface area (Å²) in [7, 11) is 0. The second kappa shape index (κ2) is 13.3. The molecule has 2 heterocycles. The monoisotopic (exact) mass is 488 g/mol. The Kier molecular flexibility index (Phi) is 10.1. The lowest BCUT2D eigenvalue weighted by atomic mass is 9.75. The summed E-state index contributed by atoms with van der Waals surface area (Å²) in [5.74, 6) is 2.13. The summed E-state index contributed by atoms with van der Waals surface area (Å²) in [4.78, 5) is 2.51. The third kappa shape index (κ3) is 8.34. The van der Waals surface area contributed by atoms with Crippen LogP contribution in [0, 0.1) is 5.92 Å². The topological polar surface area (TPSA) is 74.2 Å². The second-order valence-corrected chi connectivity index (χ2v) is 11.4. The van der Waals surface area contributed by atoms with Gasteiger partial charge in [-0.2, -0.15) is 0 Å². The Morgan fingerprint density at radius 1 is 1.00 bits per heavy atom. The number of unbranched alkanes of at least 4 members (excludes halogenated alkanes) is 2. The second-order valence-electron chi connectivity index (χ2n) is 11.4. The van der Waals surface area contributed by atoms with E-state index in [-0.39, 0.29) is 6.04 Å². The molecule has 0 amide bonds. The number of aliphatic hydroxyl groups is 2. The number of likely N-dealkylation sites (tertiary alicyclic amines) is 1. The van der Waals surface area contributed by atoms with Gasteiger partial charge in [0.1, 0.15) is 19.4 Å². The molecule has 3 atom stereocenters. The molecule has 1 saturated carbocycles. The number of nitrogens with one attached hydrogen (secondary N) is 1.